The number of aromatic nitrogens is 2. The predicted octanol–water partition coefficient (Wildman–Crippen LogP) is 13.8. The van der Waals surface area contributed by atoms with Crippen molar-refractivity contribution >= 4 is 52.5 Å². The van der Waals surface area contributed by atoms with E-state index in [0.717, 1.165) is 85.6 Å². The number of amides is 2. The van der Waals surface area contributed by atoms with Gasteiger partial charge in [-0.3, -0.25) is 9.59 Å². The van der Waals surface area contributed by atoms with E-state index in [1.165, 1.54) is 0 Å². The van der Waals surface area contributed by atoms with Crippen molar-refractivity contribution in [2.24, 2.45) is 0 Å². The molecule has 0 saturated heterocycles. The van der Waals surface area contributed by atoms with E-state index in [1.54, 1.807) is 28.2 Å². The van der Waals surface area contributed by atoms with Crippen LogP contribution in [0.15, 0.2) is 97.1 Å². The van der Waals surface area contributed by atoms with Gasteiger partial charge in [0.15, 0.2) is 0 Å². The number of ether oxygens (including phenoxy) is 2. The van der Waals surface area contributed by atoms with Crippen molar-refractivity contribution < 1.29 is 61.0 Å². The number of anilines is 4. The fourth-order valence-corrected chi connectivity index (χ4v) is 8.17. The van der Waals surface area contributed by atoms with Crippen LogP contribution in [0.1, 0.15) is 143 Å². The largest absolute Gasteiger partial charge is 2.00 e. The summed E-state index contributed by atoms with van der Waals surface area (Å²) < 4.78 is 10.5. The normalized spacial score (nSPS) is 13.3. The van der Waals surface area contributed by atoms with Gasteiger partial charge in [0.25, 0.3) is 0 Å². The summed E-state index contributed by atoms with van der Waals surface area (Å²) in [5, 5.41) is 20.5. The van der Waals surface area contributed by atoms with Gasteiger partial charge in [-0.25, -0.2) is 16.3 Å². The summed E-state index contributed by atoms with van der Waals surface area (Å²) in [7, 11) is 7.49. The summed E-state index contributed by atoms with van der Waals surface area (Å²) in [6, 6.07) is 33.5. The van der Waals surface area contributed by atoms with Crippen molar-refractivity contribution in [3.63, 3.8) is 0 Å². The van der Waals surface area contributed by atoms with Crippen LogP contribution in [0.3, 0.4) is 0 Å². The van der Waals surface area contributed by atoms with Crippen LogP contribution in [-0.4, -0.2) is 86.4 Å². The third-order valence-electron chi connectivity index (χ3n) is 11.0. The molecule has 3 aromatic carbocycles. The maximum atomic E-state index is 12.4. The van der Waals surface area contributed by atoms with Gasteiger partial charge in [0.1, 0.15) is 23.1 Å². The number of para-hydroxylation sites is 2. The number of hydrogen-bond donors (Lipinski definition) is 0. The van der Waals surface area contributed by atoms with Crippen molar-refractivity contribution in [2.75, 3.05) is 54.4 Å². The Balaban J connectivity index is 0. The average molecular weight is 1100 g/mol. The van der Waals surface area contributed by atoms with E-state index in [0.29, 0.717) is 28.5 Å². The van der Waals surface area contributed by atoms with Gasteiger partial charge in [0, 0.05) is 68.5 Å². The number of aryl methyl sites for hydroxylation is 2. The first-order valence-corrected chi connectivity index (χ1v) is 26.3. The van der Waals surface area contributed by atoms with Crippen LogP contribution in [-0.2, 0) is 51.5 Å². The zero-order chi connectivity index (χ0) is 55.0. The molecule has 75 heavy (non-hydrogen) atoms. The fraction of sp³-hybridized carbons (Fsp3) is 0.450. The van der Waals surface area contributed by atoms with Gasteiger partial charge in [0.05, 0.1) is 11.4 Å². The Bertz CT molecular complexity index is 2250. The molecule has 4 aliphatic rings. The van der Waals surface area contributed by atoms with E-state index >= 15 is 0 Å². The minimum atomic E-state index is -0.276. The molecule has 0 spiro atoms. The molecule has 2 saturated carbocycles. The van der Waals surface area contributed by atoms with Gasteiger partial charge in [-0.1, -0.05) is 143 Å². The van der Waals surface area contributed by atoms with Crippen LogP contribution < -0.4 is 29.1 Å². The van der Waals surface area contributed by atoms with Crippen LogP contribution in [0, 0.1) is 19.9 Å². The van der Waals surface area contributed by atoms with Crippen LogP contribution in [0.25, 0.3) is 10.8 Å². The van der Waals surface area contributed by atoms with E-state index in [2.05, 4.69) is 16.0 Å². The number of benzene rings is 3. The number of carbonyl (C=O) groups is 2. The smallest absolute Gasteiger partial charge is 0.799 e. The fourth-order valence-electron chi connectivity index (χ4n) is 8.17. The molecule has 9 rings (SSSR count). The Morgan fingerprint density at radius 1 is 0.587 bits per heavy atom. The Labute approximate surface area is 475 Å². The number of nitrogens with zero attached hydrogens (tertiary/aromatic N) is 8. The Hall–Kier alpha value is -5.72. The van der Waals surface area contributed by atoms with Crippen LogP contribution in [0.5, 0.6) is 17.2 Å². The number of hydrogen-bond acceptors (Lipinski definition) is 9. The first-order valence-electron chi connectivity index (χ1n) is 26.3. The molecule has 2 amide bonds. The van der Waals surface area contributed by atoms with Gasteiger partial charge in [-0.15, -0.1) is 12.1 Å². The van der Waals surface area contributed by atoms with E-state index < -0.39 is 0 Å². The predicted molar refractivity (Wildman–Crippen MR) is 307 cm³/mol. The van der Waals surface area contributed by atoms with E-state index in [1.807, 2.05) is 206 Å². The van der Waals surface area contributed by atoms with Crippen LogP contribution in [0.4, 0.5) is 23.0 Å². The topological polar surface area (TPSA) is 153 Å². The summed E-state index contributed by atoms with van der Waals surface area (Å²) in [5.74, 6) is 3.13. The number of fused-ring (bicyclic) bond motifs is 2. The van der Waals surface area contributed by atoms with E-state index in [-0.39, 0.29) is 79.0 Å². The third kappa shape index (κ3) is 20.7. The molecule has 2 aliphatic carbocycles. The number of pyridine rings is 2. The number of carbonyl (C=O) groups excluding carboxylic acids is 3. The summed E-state index contributed by atoms with van der Waals surface area (Å²) in [6.45, 7) is 23.8. The maximum absolute atomic E-state index is 12.4. The molecule has 2 fully saturated rings. The molecule has 2 aliphatic heterocycles. The first kappa shape index (κ1) is 71.4. The molecular formula is C60H84N8O5V2. The minimum Gasteiger partial charge on any atom is -0.799 e. The molecule has 404 valence electrons. The quantitative estimate of drug-likeness (QED) is 0.131. The van der Waals surface area contributed by atoms with Crippen molar-refractivity contribution in [3.05, 3.63) is 136 Å². The SMILES string of the molecule is CC.CC.CC.CC.CC.Cc1cc2c(c(N(C)C)n1)C(=[N-])C(=O)N2C1CCCC1.Cc1cc2c(c(N(C)C)n1)C(=[N-])C(=O)N2C1CCCC1.O=[C-]COc1ccccc1.[V+2].[V+2].[c-]1cccc(Oc2ccccc2)c1. The van der Waals surface area contributed by atoms with Crippen molar-refractivity contribution in [1.29, 1.82) is 0 Å². The summed E-state index contributed by atoms with van der Waals surface area (Å²) in [6.07, 6.45) is 10.3. The molecule has 0 unspecified atom stereocenters. The van der Waals surface area contributed by atoms with E-state index in [4.69, 9.17) is 9.47 Å². The van der Waals surface area contributed by atoms with Gasteiger partial charge in [-0.2, -0.15) is 18.2 Å². The third-order valence-corrected chi connectivity index (χ3v) is 11.0. The monoisotopic (exact) mass is 1100 g/mol. The Morgan fingerprint density at radius 3 is 1.28 bits per heavy atom. The summed E-state index contributed by atoms with van der Waals surface area (Å²) >= 11 is 0. The molecule has 2 radical (unpaired) electrons. The van der Waals surface area contributed by atoms with Crippen LogP contribution in [0.2, 0.25) is 0 Å². The molecule has 4 heterocycles. The summed E-state index contributed by atoms with van der Waals surface area (Å²) in [4.78, 5) is 50.7. The second-order valence-corrected chi connectivity index (χ2v) is 16.1. The molecular weight excluding hydrogens is 1010 g/mol. The molecule has 13 nitrogen and oxygen atoms in total. The minimum absolute atomic E-state index is 0. The Morgan fingerprint density at radius 2 is 0.947 bits per heavy atom. The van der Waals surface area contributed by atoms with Crippen molar-refractivity contribution in [1.82, 2.24) is 9.97 Å². The average Bonchev–Trinajstić information content (AvgIpc) is 4.25. The van der Waals surface area contributed by atoms with Gasteiger partial charge in [0.2, 0.25) is 11.8 Å². The van der Waals surface area contributed by atoms with Gasteiger partial charge in [-0.05, 0) is 82.5 Å². The second-order valence-electron chi connectivity index (χ2n) is 16.1. The maximum Gasteiger partial charge on any atom is 2.00 e. The first-order chi connectivity index (χ1) is 35.4. The van der Waals surface area contributed by atoms with Crippen LogP contribution >= 0.6 is 0 Å². The van der Waals surface area contributed by atoms with Gasteiger partial charge >= 0.3 is 37.1 Å². The van der Waals surface area contributed by atoms with Crippen molar-refractivity contribution in [2.45, 2.75) is 147 Å². The number of rotatable bonds is 9. The second kappa shape index (κ2) is 39.7. The molecule has 5 aromatic rings. The Kier molecular flexibility index (Phi) is 37.7. The zero-order valence-electron chi connectivity index (χ0n) is 47.8. The molecule has 2 aromatic heterocycles. The van der Waals surface area contributed by atoms with Crippen molar-refractivity contribution in [3.8, 4) is 17.2 Å². The summed E-state index contributed by atoms with van der Waals surface area (Å²) in [5.41, 5.74) is 4.18. The standard InChI is InChI=1S/2C15H19N4O.C12H9O.C8H7O2.5C2H6.2V/c2*1-9-8-11-12(14(17-9)18(2)3)13(16)15(20)19(11)10-6-4-5-7-10;1-3-7-11(8-4-1)13-12-9-5-2-6-10-12;9-6-7-10-8-4-2-1-3-5-8;5*1-2;;/h2*8,10H,4-7H2,1-3H3;1-5,7-10H;1-5H,7H2;5*1-2H3;;/q4*-1;;;;;;2*+2. The van der Waals surface area contributed by atoms with E-state index in [9.17, 15) is 25.2 Å². The molecule has 0 N–H and O–H groups in total. The van der Waals surface area contributed by atoms with Gasteiger partial charge < -0.3 is 44.7 Å². The zero-order valence-corrected chi connectivity index (χ0v) is 50.6. The molecule has 0 atom stereocenters. The molecule has 0 bridgehead atoms. The molecule has 15 heteroatoms.